The molecule has 5 heteroatoms. The molecule has 24 heavy (non-hydrogen) atoms. The van der Waals surface area contributed by atoms with Gasteiger partial charge in [0.2, 0.25) is 0 Å². The van der Waals surface area contributed by atoms with Gasteiger partial charge in [-0.15, -0.1) is 12.4 Å². The van der Waals surface area contributed by atoms with Crippen LogP contribution in [0.1, 0.15) is 42.5 Å². The lowest BCUT2D eigenvalue weighted by molar-refractivity contribution is 0.0756. The third-order valence-electron chi connectivity index (χ3n) is 5.16. The van der Waals surface area contributed by atoms with Crippen molar-refractivity contribution in [2.75, 3.05) is 6.61 Å². The molecular weight excluding hydrogens is 324 g/mol. The second-order valence-electron chi connectivity index (χ2n) is 6.81. The number of rotatable bonds is 5. The van der Waals surface area contributed by atoms with Gasteiger partial charge in [0, 0.05) is 17.6 Å². The Morgan fingerprint density at radius 3 is 2.46 bits per heavy atom. The summed E-state index contributed by atoms with van der Waals surface area (Å²) in [5, 5.41) is 3.27. The molecule has 2 atom stereocenters. The number of hydrogen-bond acceptors (Lipinski definition) is 3. The first-order valence-electron chi connectivity index (χ1n) is 8.57. The second kappa shape index (κ2) is 8.54. The zero-order valence-electron chi connectivity index (χ0n) is 13.9. The quantitative estimate of drug-likeness (QED) is 0.801. The molecule has 0 spiro atoms. The van der Waals surface area contributed by atoms with Crippen LogP contribution >= 0.6 is 12.4 Å². The first-order valence-corrected chi connectivity index (χ1v) is 8.57. The van der Waals surface area contributed by atoms with Crippen LogP contribution in [0.3, 0.4) is 0 Å². The smallest absolute Gasteiger partial charge is 0.251 e. The van der Waals surface area contributed by atoms with Crippen LogP contribution in [0.4, 0.5) is 0 Å². The summed E-state index contributed by atoms with van der Waals surface area (Å²) < 4.78 is 5.45. The lowest BCUT2D eigenvalue weighted by atomic mass is 9.67. The molecule has 2 fully saturated rings. The Morgan fingerprint density at radius 1 is 1.25 bits per heavy atom. The van der Waals surface area contributed by atoms with Crippen LogP contribution in [0.2, 0.25) is 0 Å². The van der Waals surface area contributed by atoms with Crippen molar-refractivity contribution >= 4 is 18.3 Å². The summed E-state index contributed by atoms with van der Waals surface area (Å²) in [7, 11) is 0. The maximum atomic E-state index is 12.6. The molecule has 2 unspecified atom stereocenters. The van der Waals surface area contributed by atoms with E-state index in [9.17, 15) is 4.79 Å². The zero-order chi connectivity index (χ0) is 16.2. The Labute approximate surface area is 150 Å². The van der Waals surface area contributed by atoms with Crippen molar-refractivity contribution in [3.8, 4) is 5.75 Å². The van der Waals surface area contributed by atoms with E-state index in [1.165, 1.54) is 19.3 Å². The summed E-state index contributed by atoms with van der Waals surface area (Å²) in [6, 6.07) is 7.88. The second-order valence-corrected chi connectivity index (χ2v) is 6.81. The van der Waals surface area contributed by atoms with Gasteiger partial charge in [0.05, 0.1) is 0 Å². The van der Waals surface area contributed by atoms with Gasteiger partial charge >= 0.3 is 0 Å². The van der Waals surface area contributed by atoms with Crippen LogP contribution in [0.25, 0.3) is 0 Å². The van der Waals surface area contributed by atoms with Gasteiger partial charge in [-0.25, -0.2) is 0 Å². The highest BCUT2D eigenvalue weighted by molar-refractivity contribution is 5.94. The number of carbonyl (C=O) groups excluding carboxylic acids is 1. The largest absolute Gasteiger partial charge is 0.490 e. The number of amides is 1. The first kappa shape index (κ1) is 18.8. The van der Waals surface area contributed by atoms with Gasteiger partial charge in [-0.2, -0.15) is 0 Å². The Balaban J connectivity index is 0.00000208. The topological polar surface area (TPSA) is 64.3 Å². The van der Waals surface area contributed by atoms with Gasteiger partial charge in [-0.1, -0.05) is 19.1 Å². The molecular formula is C19H27ClN2O2. The summed E-state index contributed by atoms with van der Waals surface area (Å²) in [6.45, 7) is 4.09. The van der Waals surface area contributed by atoms with Crippen molar-refractivity contribution in [3.63, 3.8) is 0 Å². The van der Waals surface area contributed by atoms with Crippen LogP contribution < -0.4 is 15.8 Å². The maximum absolute atomic E-state index is 12.6. The number of nitrogens with two attached hydrogens (primary N) is 1. The minimum absolute atomic E-state index is 0. The number of carbonyl (C=O) groups is 1. The normalized spacial score (nSPS) is 28.4. The SMILES string of the molecule is C=CCOc1ccc(C(=O)NC2C3CCCC2CC(N)C3)cc1.Cl. The average molecular weight is 351 g/mol. The standard InChI is InChI=1S/C19H26N2O2.ClH/c1-2-10-23-17-8-6-13(7-9-17)19(22)21-18-14-4-3-5-15(18)12-16(20)11-14;/h2,6-9,14-16,18H,1,3-5,10-12,20H2,(H,21,22);1H. The van der Waals surface area contributed by atoms with Gasteiger partial charge in [0.1, 0.15) is 12.4 Å². The number of nitrogens with one attached hydrogen (secondary N) is 1. The highest BCUT2D eigenvalue weighted by Crippen LogP contribution is 2.39. The van der Waals surface area contributed by atoms with Crippen molar-refractivity contribution < 1.29 is 9.53 Å². The Hall–Kier alpha value is -1.52. The van der Waals surface area contributed by atoms with E-state index in [0.29, 0.717) is 30.0 Å². The van der Waals surface area contributed by atoms with Crippen molar-refractivity contribution in [3.05, 3.63) is 42.5 Å². The molecule has 2 bridgehead atoms. The molecule has 0 radical (unpaired) electrons. The van der Waals surface area contributed by atoms with Crippen molar-refractivity contribution in [1.29, 1.82) is 0 Å². The van der Waals surface area contributed by atoms with E-state index in [0.717, 1.165) is 18.6 Å². The summed E-state index contributed by atoms with van der Waals surface area (Å²) >= 11 is 0. The lowest BCUT2D eigenvalue weighted by Crippen LogP contribution is -2.53. The molecule has 1 aromatic rings. The molecule has 4 nitrogen and oxygen atoms in total. The van der Waals surface area contributed by atoms with Gasteiger partial charge in [-0.3, -0.25) is 4.79 Å². The fourth-order valence-electron chi connectivity index (χ4n) is 4.12. The van der Waals surface area contributed by atoms with Gasteiger partial charge < -0.3 is 15.8 Å². The Kier molecular flexibility index (Phi) is 6.69. The predicted octanol–water partition coefficient (Wildman–Crippen LogP) is 3.31. The van der Waals surface area contributed by atoms with E-state index in [1.54, 1.807) is 6.08 Å². The molecule has 0 heterocycles. The minimum atomic E-state index is 0. The summed E-state index contributed by atoms with van der Waals surface area (Å²) in [5.41, 5.74) is 6.84. The summed E-state index contributed by atoms with van der Waals surface area (Å²) in [4.78, 5) is 12.6. The fraction of sp³-hybridized carbons (Fsp3) is 0.526. The van der Waals surface area contributed by atoms with E-state index < -0.39 is 0 Å². The molecule has 3 rings (SSSR count). The van der Waals surface area contributed by atoms with Crippen molar-refractivity contribution in [1.82, 2.24) is 5.32 Å². The molecule has 0 saturated heterocycles. The maximum Gasteiger partial charge on any atom is 0.251 e. The monoisotopic (exact) mass is 350 g/mol. The number of ether oxygens (including phenoxy) is 1. The molecule has 1 aromatic carbocycles. The zero-order valence-corrected chi connectivity index (χ0v) is 14.8. The van der Waals surface area contributed by atoms with Gasteiger partial charge in [0.15, 0.2) is 0 Å². The molecule has 0 aliphatic heterocycles. The van der Waals surface area contributed by atoms with Crippen LogP contribution in [0, 0.1) is 11.8 Å². The lowest BCUT2D eigenvalue weighted by Gasteiger charge is -2.45. The highest BCUT2D eigenvalue weighted by Gasteiger charge is 2.39. The van der Waals surface area contributed by atoms with Crippen LogP contribution in [0.15, 0.2) is 36.9 Å². The van der Waals surface area contributed by atoms with E-state index >= 15 is 0 Å². The fourth-order valence-corrected chi connectivity index (χ4v) is 4.12. The molecule has 3 N–H and O–H groups in total. The van der Waals surface area contributed by atoms with Crippen molar-refractivity contribution in [2.45, 2.75) is 44.2 Å². The van der Waals surface area contributed by atoms with Crippen LogP contribution in [0.5, 0.6) is 5.75 Å². The van der Waals surface area contributed by atoms with Gasteiger partial charge in [0.25, 0.3) is 5.91 Å². The predicted molar refractivity (Wildman–Crippen MR) is 98.7 cm³/mol. The van der Waals surface area contributed by atoms with Crippen molar-refractivity contribution in [2.24, 2.45) is 17.6 Å². The number of halogens is 1. The molecule has 1 amide bonds. The van der Waals surface area contributed by atoms with E-state index in [-0.39, 0.29) is 24.4 Å². The average Bonchev–Trinajstić information content (AvgIpc) is 2.54. The third-order valence-corrected chi connectivity index (χ3v) is 5.16. The number of benzene rings is 1. The third kappa shape index (κ3) is 4.31. The number of hydrogen-bond donors (Lipinski definition) is 2. The van der Waals surface area contributed by atoms with E-state index in [2.05, 4.69) is 11.9 Å². The Bertz CT molecular complexity index is 547. The Morgan fingerprint density at radius 2 is 1.88 bits per heavy atom. The first-order chi connectivity index (χ1) is 11.2. The molecule has 2 aliphatic rings. The van der Waals surface area contributed by atoms with E-state index in [4.69, 9.17) is 10.5 Å². The number of fused-ring (bicyclic) bond motifs is 2. The van der Waals surface area contributed by atoms with Gasteiger partial charge in [-0.05, 0) is 61.8 Å². The summed E-state index contributed by atoms with van der Waals surface area (Å²) in [6.07, 6.45) is 7.41. The van der Waals surface area contributed by atoms with Crippen LogP contribution in [-0.2, 0) is 0 Å². The molecule has 0 aromatic heterocycles. The highest BCUT2D eigenvalue weighted by atomic mass is 35.5. The minimum Gasteiger partial charge on any atom is -0.490 e. The van der Waals surface area contributed by atoms with E-state index in [1.807, 2.05) is 24.3 Å². The summed E-state index contributed by atoms with van der Waals surface area (Å²) in [5.74, 6) is 1.84. The molecule has 132 valence electrons. The molecule has 2 aliphatic carbocycles. The van der Waals surface area contributed by atoms with Crippen LogP contribution in [-0.4, -0.2) is 24.6 Å². The molecule has 2 saturated carbocycles.